The number of H-pyrrole nitrogens is 1. The molecule has 1 heterocycles. The van der Waals surface area contributed by atoms with Gasteiger partial charge in [0.2, 0.25) is 0 Å². The van der Waals surface area contributed by atoms with Crippen LogP contribution < -0.4 is 5.32 Å². The van der Waals surface area contributed by atoms with Crippen molar-refractivity contribution in [2.45, 2.75) is 32.7 Å². The van der Waals surface area contributed by atoms with Gasteiger partial charge < -0.3 is 20.3 Å². The molecule has 0 aromatic carbocycles. The summed E-state index contributed by atoms with van der Waals surface area (Å²) >= 11 is 0. The molecule has 7 heteroatoms. The van der Waals surface area contributed by atoms with E-state index in [0.717, 1.165) is 5.82 Å². The van der Waals surface area contributed by atoms with Gasteiger partial charge in [-0.15, -0.1) is 0 Å². The van der Waals surface area contributed by atoms with Crippen LogP contribution in [0, 0.1) is 0 Å². The van der Waals surface area contributed by atoms with Crippen LogP contribution in [0.2, 0.25) is 0 Å². The van der Waals surface area contributed by atoms with Crippen LogP contribution in [0.1, 0.15) is 26.1 Å². The van der Waals surface area contributed by atoms with Crippen LogP contribution in [-0.2, 0) is 11.2 Å². The molecule has 0 spiro atoms. The molecule has 1 unspecified atom stereocenters. The Morgan fingerprint density at radius 3 is 2.84 bits per heavy atom. The first-order chi connectivity index (χ1) is 9.04. The zero-order valence-corrected chi connectivity index (χ0v) is 11.2. The van der Waals surface area contributed by atoms with E-state index in [-0.39, 0.29) is 18.6 Å². The summed E-state index contributed by atoms with van der Waals surface area (Å²) < 4.78 is 0. The largest absolute Gasteiger partial charge is 0.480 e. The van der Waals surface area contributed by atoms with Gasteiger partial charge in [0.25, 0.3) is 0 Å². The lowest BCUT2D eigenvalue weighted by Crippen LogP contribution is -2.47. The predicted molar refractivity (Wildman–Crippen MR) is 69.8 cm³/mol. The third-order valence-electron chi connectivity index (χ3n) is 2.88. The first-order valence-corrected chi connectivity index (χ1v) is 6.29. The van der Waals surface area contributed by atoms with Gasteiger partial charge in [0.1, 0.15) is 12.4 Å². The Morgan fingerprint density at radius 1 is 1.58 bits per heavy atom. The molecule has 0 aliphatic heterocycles. The normalized spacial score (nSPS) is 11.9. The molecule has 1 aromatic heterocycles. The second-order valence-electron chi connectivity index (χ2n) is 4.30. The van der Waals surface area contributed by atoms with E-state index < -0.39 is 5.97 Å². The van der Waals surface area contributed by atoms with Gasteiger partial charge in [-0.25, -0.2) is 9.78 Å². The number of aliphatic carboxylic acids is 1. The summed E-state index contributed by atoms with van der Waals surface area (Å²) in [5.74, 6) is -0.227. The maximum absolute atomic E-state index is 11.9. The first-order valence-electron chi connectivity index (χ1n) is 6.29. The van der Waals surface area contributed by atoms with E-state index in [1.165, 1.54) is 4.90 Å². The van der Waals surface area contributed by atoms with Crippen molar-refractivity contribution in [1.82, 2.24) is 20.2 Å². The molecule has 1 rings (SSSR count). The number of carbonyl (C=O) groups is 2. The Balaban J connectivity index is 2.44. The van der Waals surface area contributed by atoms with Crippen LogP contribution in [0.25, 0.3) is 0 Å². The Morgan fingerprint density at radius 2 is 2.32 bits per heavy atom. The summed E-state index contributed by atoms with van der Waals surface area (Å²) in [4.78, 5) is 31.0. The molecule has 7 nitrogen and oxygen atoms in total. The number of carboxylic acid groups (broad SMARTS) is 1. The van der Waals surface area contributed by atoms with Crippen molar-refractivity contribution in [3.8, 4) is 0 Å². The first kappa shape index (κ1) is 15.0. The molecule has 0 fully saturated rings. The average molecular weight is 268 g/mol. The maximum Gasteiger partial charge on any atom is 0.323 e. The van der Waals surface area contributed by atoms with Crippen LogP contribution in [0.4, 0.5) is 4.79 Å². The molecule has 2 amide bonds. The van der Waals surface area contributed by atoms with E-state index in [4.69, 9.17) is 5.11 Å². The molecular formula is C12H20N4O3. The highest BCUT2D eigenvalue weighted by molar-refractivity contribution is 5.80. The summed E-state index contributed by atoms with van der Waals surface area (Å²) in [6.07, 6.45) is 4.65. The molecule has 0 bridgehead atoms. The van der Waals surface area contributed by atoms with Crippen molar-refractivity contribution in [1.29, 1.82) is 0 Å². The third-order valence-corrected chi connectivity index (χ3v) is 2.88. The maximum atomic E-state index is 11.9. The van der Waals surface area contributed by atoms with Gasteiger partial charge in [-0.2, -0.15) is 0 Å². The molecule has 1 atom stereocenters. The number of carboxylic acids is 1. The molecule has 1 aromatic rings. The van der Waals surface area contributed by atoms with Crippen molar-refractivity contribution in [3.63, 3.8) is 0 Å². The van der Waals surface area contributed by atoms with Crippen molar-refractivity contribution in [2.75, 3.05) is 13.1 Å². The van der Waals surface area contributed by atoms with Gasteiger partial charge in [0, 0.05) is 31.4 Å². The Labute approximate surface area is 112 Å². The van der Waals surface area contributed by atoms with Gasteiger partial charge in [-0.05, 0) is 13.3 Å². The molecule has 0 radical (unpaired) electrons. The number of nitrogens with zero attached hydrogens (tertiary/aromatic N) is 2. The van der Waals surface area contributed by atoms with Crippen LogP contribution in [0.3, 0.4) is 0 Å². The molecule has 0 saturated heterocycles. The highest BCUT2D eigenvalue weighted by atomic mass is 16.4. The number of urea groups is 1. The predicted octanol–water partition coefficient (Wildman–Crippen LogP) is 0.847. The van der Waals surface area contributed by atoms with Crippen LogP contribution in [0.5, 0.6) is 0 Å². The van der Waals surface area contributed by atoms with Crippen molar-refractivity contribution in [3.05, 3.63) is 18.2 Å². The van der Waals surface area contributed by atoms with Gasteiger partial charge >= 0.3 is 12.0 Å². The summed E-state index contributed by atoms with van der Waals surface area (Å²) in [5, 5.41) is 11.5. The molecule has 0 aliphatic rings. The van der Waals surface area contributed by atoms with Gasteiger partial charge in [0.05, 0.1) is 0 Å². The van der Waals surface area contributed by atoms with Gasteiger partial charge in [-0.3, -0.25) is 4.79 Å². The number of amides is 2. The van der Waals surface area contributed by atoms with Crippen molar-refractivity contribution in [2.24, 2.45) is 0 Å². The Bertz CT molecular complexity index is 405. The molecule has 3 N–H and O–H groups in total. The number of rotatable bonds is 7. The summed E-state index contributed by atoms with van der Waals surface area (Å²) in [6.45, 7) is 3.87. The van der Waals surface area contributed by atoms with Crippen LogP contribution >= 0.6 is 0 Å². The zero-order chi connectivity index (χ0) is 14.3. The summed E-state index contributed by atoms with van der Waals surface area (Å²) in [6, 6.07) is -0.469. The molecular weight excluding hydrogens is 248 g/mol. The molecule has 19 heavy (non-hydrogen) atoms. The average Bonchev–Trinajstić information content (AvgIpc) is 2.87. The fraction of sp³-hybridized carbons (Fsp3) is 0.583. The number of aromatic amines is 1. The quantitative estimate of drug-likeness (QED) is 0.682. The Hall–Kier alpha value is -2.05. The highest BCUT2D eigenvalue weighted by Gasteiger charge is 2.21. The number of aromatic nitrogens is 2. The lowest BCUT2D eigenvalue weighted by molar-refractivity contribution is -0.138. The van der Waals surface area contributed by atoms with E-state index in [2.05, 4.69) is 15.3 Å². The van der Waals surface area contributed by atoms with E-state index in [9.17, 15) is 9.59 Å². The number of nitrogens with one attached hydrogen (secondary N) is 2. The third kappa shape index (κ3) is 4.99. The Kier molecular flexibility index (Phi) is 5.84. The van der Waals surface area contributed by atoms with Crippen molar-refractivity contribution >= 4 is 12.0 Å². The highest BCUT2D eigenvalue weighted by Crippen LogP contribution is 2.03. The second kappa shape index (κ2) is 7.40. The number of hydrogen-bond acceptors (Lipinski definition) is 3. The lowest BCUT2D eigenvalue weighted by Gasteiger charge is -2.27. The zero-order valence-electron chi connectivity index (χ0n) is 11.2. The minimum absolute atomic E-state index is 0.111. The van der Waals surface area contributed by atoms with Crippen molar-refractivity contribution < 1.29 is 14.7 Å². The summed E-state index contributed by atoms with van der Waals surface area (Å²) in [7, 11) is 0. The minimum Gasteiger partial charge on any atom is -0.480 e. The van der Waals surface area contributed by atoms with E-state index >= 15 is 0 Å². The minimum atomic E-state index is -1.01. The fourth-order valence-electron chi connectivity index (χ4n) is 1.62. The second-order valence-corrected chi connectivity index (χ2v) is 4.30. The SMILES string of the molecule is CCC(C)N(CC(=O)O)C(=O)NCCc1ncc[nH]1. The smallest absolute Gasteiger partial charge is 0.323 e. The lowest BCUT2D eigenvalue weighted by atomic mass is 10.2. The van der Waals surface area contributed by atoms with E-state index in [1.807, 2.05) is 13.8 Å². The number of carbonyl (C=O) groups excluding carboxylic acids is 1. The standard InChI is InChI=1S/C12H20N4O3/c1-3-9(2)16(8-11(17)18)12(19)15-5-4-10-13-6-7-14-10/h6-7,9H,3-5,8H2,1-2H3,(H,13,14)(H,15,19)(H,17,18). The summed E-state index contributed by atoms with van der Waals surface area (Å²) in [5.41, 5.74) is 0. The van der Waals surface area contributed by atoms with E-state index in [1.54, 1.807) is 12.4 Å². The number of imidazole rings is 1. The van der Waals surface area contributed by atoms with Gasteiger partial charge in [0.15, 0.2) is 0 Å². The topological polar surface area (TPSA) is 98.3 Å². The van der Waals surface area contributed by atoms with Gasteiger partial charge in [-0.1, -0.05) is 6.92 Å². The van der Waals surface area contributed by atoms with Crippen LogP contribution in [-0.4, -0.2) is 51.1 Å². The molecule has 0 saturated carbocycles. The fourth-order valence-corrected chi connectivity index (χ4v) is 1.62. The van der Waals surface area contributed by atoms with Crippen LogP contribution in [0.15, 0.2) is 12.4 Å². The monoisotopic (exact) mass is 268 g/mol. The number of hydrogen-bond donors (Lipinski definition) is 3. The molecule has 106 valence electrons. The van der Waals surface area contributed by atoms with E-state index in [0.29, 0.717) is 19.4 Å². The molecule has 0 aliphatic carbocycles.